The van der Waals surface area contributed by atoms with Crippen LogP contribution in [-0.2, 0) is 24.9 Å². The lowest BCUT2D eigenvalue weighted by Crippen LogP contribution is -2.27. The third-order valence-electron chi connectivity index (χ3n) is 5.52. The minimum Gasteiger partial charge on any atom is -0.342 e. The van der Waals surface area contributed by atoms with Gasteiger partial charge in [-0.15, -0.1) is 0 Å². The van der Waals surface area contributed by atoms with Crippen LogP contribution in [0.5, 0.6) is 0 Å². The monoisotopic (exact) mass is 398 g/mol. The summed E-state index contributed by atoms with van der Waals surface area (Å²) in [6, 6.07) is 19.2. The highest BCUT2D eigenvalue weighted by Gasteiger charge is 2.24. The maximum atomic E-state index is 4.58. The first kappa shape index (κ1) is 20.3. The number of fused-ring (bicyclic) bond motifs is 1. The van der Waals surface area contributed by atoms with Gasteiger partial charge in [0.25, 0.3) is 0 Å². The predicted molar refractivity (Wildman–Crippen MR) is 123 cm³/mol. The topological polar surface area (TPSA) is 44.8 Å². The Kier molecular flexibility index (Phi) is 5.96. The van der Waals surface area contributed by atoms with E-state index in [1.165, 1.54) is 27.8 Å². The van der Waals surface area contributed by atoms with Crippen LogP contribution < -0.4 is 0 Å². The molecule has 3 aromatic heterocycles. The number of hydrogen-bond acceptors (Lipinski definition) is 3. The number of rotatable bonds is 7. The van der Waals surface area contributed by atoms with Crippen molar-refractivity contribution in [2.24, 2.45) is 0 Å². The zero-order chi connectivity index (χ0) is 21.0. The van der Waals surface area contributed by atoms with E-state index in [-0.39, 0.29) is 5.41 Å². The van der Waals surface area contributed by atoms with E-state index in [0.717, 1.165) is 31.7 Å². The second-order valence-electron chi connectivity index (χ2n) is 8.93. The van der Waals surface area contributed by atoms with Crippen LogP contribution in [0.25, 0.3) is 11.0 Å². The molecule has 0 atom stereocenters. The van der Waals surface area contributed by atoms with Gasteiger partial charge in [-0.25, -0.2) is 4.98 Å². The van der Waals surface area contributed by atoms with Gasteiger partial charge in [-0.1, -0.05) is 51.1 Å². The highest BCUT2D eigenvalue weighted by molar-refractivity contribution is 5.81. The van der Waals surface area contributed by atoms with E-state index in [1.807, 2.05) is 24.7 Å². The largest absolute Gasteiger partial charge is 0.342 e. The van der Waals surface area contributed by atoms with Crippen molar-refractivity contribution in [3.8, 4) is 0 Å². The van der Waals surface area contributed by atoms with E-state index in [0.29, 0.717) is 0 Å². The molecule has 0 aliphatic carbocycles. The Labute approximate surface area is 179 Å². The molecule has 4 nitrogen and oxygen atoms in total. The molecular formula is C26H30N4. The SMILES string of the molecule is CC(C)(C)c1[nH]c2ncccc2c1CN(CCc1ccccc1)Cc1ccncc1. The quantitative estimate of drug-likeness (QED) is 0.447. The Morgan fingerprint density at radius 2 is 1.60 bits per heavy atom. The van der Waals surface area contributed by atoms with E-state index < -0.39 is 0 Å². The molecule has 0 spiro atoms. The number of aromatic nitrogens is 3. The van der Waals surface area contributed by atoms with Crippen LogP contribution in [0.2, 0.25) is 0 Å². The van der Waals surface area contributed by atoms with Crippen molar-refractivity contribution in [3.63, 3.8) is 0 Å². The van der Waals surface area contributed by atoms with Gasteiger partial charge in [0.05, 0.1) is 0 Å². The number of pyridine rings is 2. The summed E-state index contributed by atoms with van der Waals surface area (Å²) in [5.74, 6) is 0. The van der Waals surface area contributed by atoms with Gasteiger partial charge in [0, 0.05) is 54.7 Å². The molecule has 0 amide bonds. The highest BCUT2D eigenvalue weighted by Crippen LogP contribution is 2.31. The van der Waals surface area contributed by atoms with Crippen molar-refractivity contribution < 1.29 is 0 Å². The number of benzene rings is 1. The van der Waals surface area contributed by atoms with Crippen molar-refractivity contribution in [1.29, 1.82) is 0 Å². The third-order valence-corrected chi connectivity index (χ3v) is 5.52. The van der Waals surface area contributed by atoms with Crippen LogP contribution in [0.4, 0.5) is 0 Å². The summed E-state index contributed by atoms with van der Waals surface area (Å²) in [5, 5.41) is 1.22. The first-order valence-electron chi connectivity index (χ1n) is 10.6. The summed E-state index contributed by atoms with van der Waals surface area (Å²) in [7, 11) is 0. The van der Waals surface area contributed by atoms with E-state index in [2.05, 4.69) is 89.2 Å². The molecule has 4 rings (SSSR count). The molecule has 4 heteroatoms. The molecule has 0 radical (unpaired) electrons. The van der Waals surface area contributed by atoms with Gasteiger partial charge < -0.3 is 4.98 Å². The Morgan fingerprint density at radius 3 is 2.33 bits per heavy atom. The average Bonchev–Trinajstić information content (AvgIpc) is 3.13. The van der Waals surface area contributed by atoms with Gasteiger partial charge in [0.1, 0.15) is 5.65 Å². The summed E-state index contributed by atoms with van der Waals surface area (Å²) in [6.07, 6.45) is 6.64. The molecule has 0 unspecified atom stereocenters. The first-order chi connectivity index (χ1) is 14.5. The molecule has 0 aliphatic heterocycles. The van der Waals surface area contributed by atoms with Gasteiger partial charge in [0.15, 0.2) is 0 Å². The smallest absolute Gasteiger partial charge is 0.137 e. The van der Waals surface area contributed by atoms with Gasteiger partial charge in [0.2, 0.25) is 0 Å². The van der Waals surface area contributed by atoms with Crippen LogP contribution >= 0.6 is 0 Å². The lowest BCUT2D eigenvalue weighted by atomic mass is 9.88. The van der Waals surface area contributed by atoms with Gasteiger partial charge in [-0.2, -0.15) is 0 Å². The van der Waals surface area contributed by atoms with Gasteiger partial charge in [-0.05, 0) is 47.4 Å². The number of hydrogen-bond donors (Lipinski definition) is 1. The summed E-state index contributed by atoms with van der Waals surface area (Å²) in [6.45, 7) is 9.55. The van der Waals surface area contributed by atoms with Crippen LogP contribution in [0.1, 0.15) is 43.2 Å². The zero-order valence-corrected chi connectivity index (χ0v) is 18.1. The molecule has 1 N–H and O–H groups in total. The first-order valence-corrected chi connectivity index (χ1v) is 10.6. The molecule has 1 aromatic carbocycles. The summed E-state index contributed by atoms with van der Waals surface area (Å²) < 4.78 is 0. The second kappa shape index (κ2) is 8.80. The molecule has 3 heterocycles. The molecule has 0 fully saturated rings. The predicted octanol–water partition coefficient (Wildman–Crippen LogP) is 5.50. The minimum atomic E-state index is 0.0256. The number of H-pyrrole nitrogens is 1. The maximum absolute atomic E-state index is 4.58. The average molecular weight is 399 g/mol. The number of nitrogens with one attached hydrogen (secondary N) is 1. The van der Waals surface area contributed by atoms with Crippen LogP contribution in [0.15, 0.2) is 73.2 Å². The van der Waals surface area contributed by atoms with Gasteiger partial charge >= 0.3 is 0 Å². The Morgan fingerprint density at radius 1 is 0.833 bits per heavy atom. The third kappa shape index (κ3) is 4.77. The summed E-state index contributed by atoms with van der Waals surface area (Å²) in [4.78, 5) is 14.9. The van der Waals surface area contributed by atoms with Crippen LogP contribution in [0.3, 0.4) is 0 Å². The fraction of sp³-hybridized carbons (Fsp3) is 0.308. The van der Waals surface area contributed by atoms with E-state index in [9.17, 15) is 0 Å². The molecule has 0 bridgehead atoms. The fourth-order valence-electron chi connectivity index (χ4n) is 4.00. The molecule has 0 aliphatic rings. The van der Waals surface area contributed by atoms with Crippen molar-refractivity contribution in [2.75, 3.05) is 6.54 Å². The zero-order valence-electron chi connectivity index (χ0n) is 18.1. The standard InChI is InChI=1S/C26H30N4/c1-26(2,3)24-23(22-10-7-14-28-25(22)29-24)19-30(18-21-11-15-27-16-12-21)17-13-20-8-5-4-6-9-20/h4-12,14-16H,13,17-19H2,1-3H3,(H,28,29). The maximum Gasteiger partial charge on any atom is 0.137 e. The summed E-state index contributed by atoms with van der Waals surface area (Å²) in [5.41, 5.74) is 6.28. The highest BCUT2D eigenvalue weighted by atomic mass is 15.1. The van der Waals surface area contributed by atoms with Crippen molar-refractivity contribution >= 4 is 11.0 Å². The van der Waals surface area contributed by atoms with Crippen molar-refractivity contribution in [1.82, 2.24) is 19.9 Å². The molecule has 30 heavy (non-hydrogen) atoms. The van der Waals surface area contributed by atoms with E-state index >= 15 is 0 Å². The Balaban J connectivity index is 1.65. The molecule has 0 saturated carbocycles. The minimum absolute atomic E-state index is 0.0256. The Hall–Kier alpha value is -2.98. The van der Waals surface area contributed by atoms with Gasteiger partial charge in [-0.3, -0.25) is 9.88 Å². The second-order valence-corrected chi connectivity index (χ2v) is 8.93. The lowest BCUT2D eigenvalue weighted by molar-refractivity contribution is 0.259. The lowest BCUT2D eigenvalue weighted by Gasteiger charge is -2.26. The van der Waals surface area contributed by atoms with Crippen LogP contribution in [-0.4, -0.2) is 26.4 Å². The molecule has 154 valence electrons. The van der Waals surface area contributed by atoms with E-state index in [1.54, 1.807) is 0 Å². The fourth-order valence-corrected chi connectivity index (χ4v) is 4.00. The van der Waals surface area contributed by atoms with Crippen molar-refractivity contribution in [3.05, 3.63) is 95.6 Å². The Bertz CT molecular complexity index is 1080. The van der Waals surface area contributed by atoms with E-state index in [4.69, 9.17) is 0 Å². The molecule has 4 aromatic rings. The van der Waals surface area contributed by atoms with Crippen molar-refractivity contribution in [2.45, 2.75) is 45.7 Å². The molecule has 0 saturated heterocycles. The number of aromatic amines is 1. The number of nitrogens with zero attached hydrogens (tertiary/aromatic N) is 3. The molecular weight excluding hydrogens is 368 g/mol. The van der Waals surface area contributed by atoms with Crippen LogP contribution in [0, 0.1) is 0 Å². The summed E-state index contributed by atoms with van der Waals surface area (Å²) >= 11 is 0. The normalized spacial score (nSPS) is 12.0.